The molecule has 0 aliphatic carbocycles. The zero-order chi connectivity index (χ0) is 19.5. The van der Waals surface area contributed by atoms with Gasteiger partial charge >= 0.3 is 5.97 Å². The molecule has 0 heterocycles. The van der Waals surface area contributed by atoms with Crippen molar-refractivity contribution < 1.29 is 26.7 Å². The second-order valence-corrected chi connectivity index (χ2v) is 7.76. The van der Waals surface area contributed by atoms with E-state index in [1.807, 2.05) is 0 Å². The molecule has 8 heteroatoms. The molecular weight excluding hydrogens is 364 g/mol. The van der Waals surface area contributed by atoms with E-state index in [1.165, 1.54) is 13.0 Å². The van der Waals surface area contributed by atoms with E-state index in [4.69, 9.17) is 4.74 Å². The predicted octanol–water partition coefficient (Wildman–Crippen LogP) is 3.34. The van der Waals surface area contributed by atoms with E-state index in [0.717, 1.165) is 16.6 Å². The standard InChI is InChI=1S/C18H19F2NO4S/c1-12-6-4-5-7-17(12)21(26(3,23)24)11-18(22)25-13(2)15-9-8-14(19)10-16(15)20/h4-10,13H,11H2,1-3H3. The predicted molar refractivity (Wildman–Crippen MR) is 94.2 cm³/mol. The first-order valence-electron chi connectivity index (χ1n) is 7.77. The Balaban J connectivity index is 2.19. The van der Waals surface area contributed by atoms with Crippen LogP contribution in [0.1, 0.15) is 24.2 Å². The van der Waals surface area contributed by atoms with Crippen LogP contribution < -0.4 is 4.31 Å². The molecule has 0 saturated carbocycles. The Morgan fingerprint density at radius 1 is 1.19 bits per heavy atom. The van der Waals surface area contributed by atoms with E-state index in [0.29, 0.717) is 17.3 Å². The molecule has 0 amide bonds. The molecule has 0 saturated heterocycles. The Bertz CT molecular complexity index is 915. The number of para-hydroxylation sites is 1. The van der Waals surface area contributed by atoms with Gasteiger partial charge in [0.1, 0.15) is 24.3 Å². The molecule has 2 aromatic rings. The van der Waals surface area contributed by atoms with E-state index < -0.39 is 40.3 Å². The van der Waals surface area contributed by atoms with Crippen LogP contribution in [0.2, 0.25) is 0 Å². The first-order valence-corrected chi connectivity index (χ1v) is 9.62. The molecule has 140 valence electrons. The number of hydrogen-bond acceptors (Lipinski definition) is 4. The highest BCUT2D eigenvalue weighted by Gasteiger charge is 2.24. The molecular formula is C18H19F2NO4S. The number of rotatable bonds is 6. The minimum atomic E-state index is -3.74. The summed E-state index contributed by atoms with van der Waals surface area (Å²) in [5.74, 6) is -2.44. The summed E-state index contributed by atoms with van der Waals surface area (Å²) in [5, 5.41) is 0. The minimum absolute atomic E-state index is 0.00143. The lowest BCUT2D eigenvalue weighted by Crippen LogP contribution is -2.36. The van der Waals surface area contributed by atoms with Crippen LogP contribution in [0.25, 0.3) is 0 Å². The van der Waals surface area contributed by atoms with Crippen LogP contribution in [-0.2, 0) is 19.6 Å². The van der Waals surface area contributed by atoms with Crippen molar-refractivity contribution in [2.75, 3.05) is 17.1 Å². The van der Waals surface area contributed by atoms with Crippen molar-refractivity contribution in [3.05, 3.63) is 65.2 Å². The lowest BCUT2D eigenvalue weighted by Gasteiger charge is -2.24. The topological polar surface area (TPSA) is 63.7 Å². The highest BCUT2D eigenvalue weighted by Crippen LogP contribution is 2.24. The molecule has 5 nitrogen and oxygen atoms in total. The molecule has 2 rings (SSSR count). The molecule has 0 aromatic heterocycles. The minimum Gasteiger partial charge on any atom is -0.456 e. The van der Waals surface area contributed by atoms with Gasteiger partial charge in [0.25, 0.3) is 0 Å². The SMILES string of the molecule is Cc1ccccc1N(CC(=O)OC(C)c1ccc(F)cc1F)S(C)(=O)=O. The number of ether oxygens (including phenoxy) is 1. The molecule has 0 N–H and O–H groups in total. The molecule has 0 aliphatic heterocycles. The van der Waals surface area contributed by atoms with Crippen LogP contribution in [0.5, 0.6) is 0 Å². The Morgan fingerprint density at radius 3 is 2.42 bits per heavy atom. The average Bonchev–Trinajstić information content (AvgIpc) is 2.52. The Kier molecular flexibility index (Phi) is 5.97. The zero-order valence-electron chi connectivity index (χ0n) is 14.6. The number of aryl methyl sites for hydroxylation is 1. The monoisotopic (exact) mass is 383 g/mol. The molecule has 0 radical (unpaired) electrons. The average molecular weight is 383 g/mol. The second-order valence-electron chi connectivity index (χ2n) is 5.85. The van der Waals surface area contributed by atoms with Crippen LogP contribution in [0.3, 0.4) is 0 Å². The number of carbonyl (C=O) groups is 1. The number of benzene rings is 2. The van der Waals surface area contributed by atoms with E-state index in [1.54, 1.807) is 31.2 Å². The summed E-state index contributed by atoms with van der Waals surface area (Å²) in [7, 11) is -3.74. The van der Waals surface area contributed by atoms with Gasteiger partial charge in [-0.15, -0.1) is 0 Å². The number of hydrogen-bond donors (Lipinski definition) is 0. The maximum atomic E-state index is 13.8. The van der Waals surface area contributed by atoms with E-state index in [2.05, 4.69) is 0 Å². The fraction of sp³-hybridized carbons (Fsp3) is 0.278. The summed E-state index contributed by atoms with van der Waals surface area (Å²) < 4.78 is 57.0. The van der Waals surface area contributed by atoms with Crippen molar-refractivity contribution in [3.63, 3.8) is 0 Å². The molecule has 0 spiro atoms. The Labute approximate surface area is 151 Å². The summed E-state index contributed by atoms with van der Waals surface area (Å²) >= 11 is 0. The fourth-order valence-corrected chi connectivity index (χ4v) is 3.37. The van der Waals surface area contributed by atoms with E-state index in [9.17, 15) is 22.0 Å². The van der Waals surface area contributed by atoms with Crippen LogP contribution in [0.4, 0.5) is 14.5 Å². The molecule has 0 fully saturated rings. The van der Waals surface area contributed by atoms with E-state index >= 15 is 0 Å². The number of halogens is 2. The van der Waals surface area contributed by atoms with Crippen LogP contribution in [-0.4, -0.2) is 27.2 Å². The Morgan fingerprint density at radius 2 is 1.85 bits per heavy atom. The third kappa shape index (κ3) is 4.78. The number of esters is 1. The molecule has 1 unspecified atom stereocenters. The summed E-state index contributed by atoms with van der Waals surface area (Å²) in [6, 6.07) is 9.62. The highest BCUT2D eigenvalue weighted by molar-refractivity contribution is 7.92. The lowest BCUT2D eigenvalue weighted by molar-refractivity contribution is -0.146. The van der Waals surface area contributed by atoms with Crippen molar-refractivity contribution in [2.45, 2.75) is 20.0 Å². The van der Waals surface area contributed by atoms with Crippen molar-refractivity contribution in [1.82, 2.24) is 0 Å². The maximum absolute atomic E-state index is 13.8. The van der Waals surface area contributed by atoms with Gasteiger partial charge in [0.05, 0.1) is 11.9 Å². The van der Waals surface area contributed by atoms with Gasteiger partial charge in [-0.1, -0.05) is 18.2 Å². The molecule has 0 aliphatic rings. The Hall–Kier alpha value is -2.48. The first kappa shape index (κ1) is 19.8. The third-order valence-electron chi connectivity index (χ3n) is 3.77. The summed E-state index contributed by atoms with van der Waals surface area (Å²) in [6.45, 7) is 2.58. The van der Waals surface area contributed by atoms with Gasteiger partial charge < -0.3 is 4.74 Å². The summed E-state index contributed by atoms with van der Waals surface area (Å²) in [5.41, 5.74) is 1.03. The van der Waals surface area contributed by atoms with Gasteiger partial charge in [-0.2, -0.15) is 0 Å². The molecule has 1 atom stereocenters. The first-order chi connectivity index (χ1) is 12.1. The van der Waals surface area contributed by atoms with Gasteiger partial charge in [-0.25, -0.2) is 17.2 Å². The largest absolute Gasteiger partial charge is 0.456 e. The van der Waals surface area contributed by atoms with Gasteiger partial charge in [-0.3, -0.25) is 9.10 Å². The molecule has 26 heavy (non-hydrogen) atoms. The van der Waals surface area contributed by atoms with Crippen molar-refractivity contribution >= 4 is 21.7 Å². The normalized spacial score (nSPS) is 12.5. The van der Waals surface area contributed by atoms with Crippen molar-refractivity contribution in [2.24, 2.45) is 0 Å². The fourth-order valence-electron chi connectivity index (χ4n) is 2.47. The third-order valence-corrected chi connectivity index (χ3v) is 4.89. The van der Waals surface area contributed by atoms with Crippen LogP contribution in [0.15, 0.2) is 42.5 Å². The van der Waals surface area contributed by atoms with Crippen molar-refractivity contribution in [3.8, 4) is 0 Å². The number of nitrogens with zero attached hydrogens (tertiary/aromatic N) is 1. The molecule has 0 bridgehead atoms. The lowest BCUT2D eigenvalue weighted by atomic mass is 10.1. The summed E-state index contributed by atoms with van der Waals surface area (Å²) in [4.78, 5) is 12.2. The van der Waals surface area contributed by atoms with Gasteiger partial charge in [-0.05, 0) is 37.6 Å². The quantitative estimate of drug-likeness (QED) is 0.718. The van der Waals surface area contributed by atoms with Crippen LogP contribution >= 0.6 is 0 Å². The van der Waals surface area contributed by atoms with Crippen molar-refractivity contribution in [1.29, 1.82) is 0 Å². The summed E-state index contributed by atoms with van der Waals surface area (Å²) in [6.07, 6.45) is -0.0168. The van der Waals surface area contributed by atoms with Gasteiger partial charge in [0, 0.05) is 11.6 Å². The smallest absolute Gasteiger partial charge is 0.327 e. The number of sulfonamides is 1. The highest BCUT2D eigenvalue weighted by atomic mass is 32.2. The van der Waals surface area contributed by atoms with Gasteiger partial charge in [0.2, 0.25) is 10.0 Å². The number of carbonyl (C=O) groups excluding carboxylic acids is 1. The van der Waals surface area contributed by atoms with E-state index in [-0.39, 0.29) is 5.56 Å². The van der Waals surface area contributed by atoms with Gasteiger partial charge in [0.15, 0.2) is 0 Å². The number of anilines is 1. The zero-order valence-corrected chi connectivity index (χ0v) is 15.4. The second kappa shape index (κ2) is 7.82. The molecule has 2 aromatic carbocycles. The maximum Gasteiger partial charge on any atom is 0.327 e. The van der Waals surface area contributed by atoms with Crippen LogP contribution in [0, 0.1) is 18.6 Å².